The summed E-state index contributed by atoms with van der Waals surface area (Å²) in [7, 11) is 0. The van der Waals surface area contributed by atoms with Gasteiger partial charge >= 0.3 is 0 Å². The van der Waals surface area contributed by atoms with E-state index < -0.39 is 0 Å². The van der Waals surface area contributed by atoms with Gasteiger partial charge in [0.25, 0.3) is 5.91 Å². The second kappa shape index (κ2) is 8.08. The van der Waals surface area contributed by atoms with E-state index in [9.17, 15) is 4.79 Å². The van der Waals surface area contributed by atoms with E-state index in [1.54, 1.807) is 24.4 Å². The molecule has 5 nitrogen and oxygen atoms in total. The molecule has 5 heteroatoms. The molecule has 0 fully saturated rings. The van der Waals surface area contributed by atoms with Crippen LogP contribution in [0.15, 0.2) is 65.4 Å². The number of hydrogen-bond acceptors (Lipinski definition) is 4. The van der Waals surface area contributed by atoms with Gasteiger partial charge < -0.3 is 9.84 Å². The van der Waals surface area contributed by atoms with Crippen LogP contribution in [-0.4, -0.2) is 16.0 Å². The van der Waals surface area contributed by atoms with Crippen LogP contribution >= 0.6 is 0 Å². The molecule has 2 heterocycles. The summed E-state index contributed by atoms with van der Waals surface area (Å²) in [6.45, 7) is 8.04. The third-order valence-electron chi connectivity index (χ3n) is 4.99. The first-order valence-electron chi connectivity index (χ1n) is 10.1. The fourth-order valence-electron chi connectivity index (χ4n) is 3.12. The second-order valence-corrected chi connectivity index (χ2v) is 8.47. The fraction of sp³-hybridized carbons (Fsp3) is 0.192. The summed E-state index contributed by atoms with van der Waals surface area (Å²) in [4.78, 5) is 17.0. The van der Waals surface area contributed by atoms with Crippen molar-refractivity contribution >= 4 is 22.5 Å². The Kier molecular flexibility index (Phi) is 5.31. The fourth-order valence-corrected chi connectivity index (χ4v) is 3.12. The number of carbonyl (C=O) groups excluding carboxylic acids is 1. The highest BCUT2D eigenvalue weighted by atomic mass is 16.5. The predicted molar refractivity (Wildman–Crippen MR) is 122 cm³/mol. The average Bonchev–Trinajstić information content (AvgIpc) is 3.22. The number of carbonyl (C=O) groups is 1. The molecule has 0 unspecified atom stereocenters. The van der Waals surface area contributed by atoms with Crippen LogP contribution in [0.1, 0.15) is 53.6 Å². The van der Waals surface area contributed by atoms with Crippen molar-refractivity contribution in [1.82, 2.24) is 10.1 Å². The topological polar surface area (TPSA) is 68.0 Å². The highest BCUT2D eigenvalue weighted by Gasteiger charge is 2.20. The molecule has 1 N–H and O–H groups in total. The molecule has 0 aliphatic carbocycles. The van der Waals surface area contributed by atoms with Crippen LogP contribution < -0.4 is 5.32 Å². The van der Waals surface area contributed by atoms with Crippen molar-refractivity contribution in [2.75, 3.05) is 5.32 Å². The molecule has 1 amide bonds. The monoisotopic (exact) mass is 409 g/mol. The quantitative estimate of drug-likeness (QED) is 0.445. The third kappa shape index (κ3) is 4.49. The van der Waals surface area contributed by atoms with E-state index in [0.29, 0.717) is 17.1 Å². The first-order chi connectivity index (χ1) is 14.8. The molecule has 0 atom stereocenters. The Bertz CT molecular complexity index is 1330. The minimum Gasteiger partial charge on any atom is -0.359 e. The molecule has 4 aromatic rings. The van der Waals surface area contributed by atoms with Gasteiger partial charge in [-0.25, -0.2) is 0 Å². The summed E-state index contributed by atoms with van der Waals surface area (Å²) in [5.41, 5.74) is 2.96. The van der Waals surface area contributed by atoms with Gasteiger partial charge in [0.05, 0.1) is 5.56 Å². The minimum absolute atomic E-state index is 0.181. The zero-order valence-electron chi connectivity index (χ0n) is 18.0. The van der Waals surface area contributed by atoms with Gasteiger partial charge in [-0.05, 0) is 24.6 Å². The standard InChI is InChI=1S/C26H23N3O2/c1-17-9-10-19(25(30)28-24-14-23(31-29-24)26(2,3)4)13-18(17)11-12-21-16-27-15-20-7-5-6-8-22(20)21/h5-10,13-16H,1-4H3,(H,28,29,30). The summed E-state index contributed by atoms with van der Waals surface area (Å²) < 4.78 is 5.34. The number of aromatic nitrogens is 2. The second-order valence-electron chi connectivity index (χ2n) is 8.47. The van der Waals surface area contributed by atoms with Crippen LogP contribution in [0.5, 0.6) is 0 Å². The molecular weight excluding hydrogens is 386 g/mol. The number of rotatable bonds is 2. The average molecular weight is 409 g/mol. The maximum Gasteiger partial charge on any atom is 0.256 e. The molecule has 4 rings (SSSR count). The molecular formula is C26H23N3O2. The summed E-state index contributed by atoms with van der Waals surface area (Å²) in [6, 6.07) is 15.2. The van der Waals surface area contributed by atoms with Gasteiger partial charge in [-0.1, -0.05) is 68.1 Å². The number of nitrogens with one attached hydrogen (secondary N) is 1. The zero-order valence-corrected chi connectivity index (χ0v) is 18.0. The first-order valence-corrected chi connectivity index (χ1v) is 10.1. The van der Waals surface area contributed by atoms with Gasteiger partial charge in [-0.15, -0.1) is 0 Å². The molecule has 0 aliphatic heterocycles. The number of nitrogens with zero attached hydrogens (tertiary/aromatic N) is 2. The van der Waals surface area contributed by atoms with Crippen LogP contribution in [0, 0.1) is 18.8 Å². The Morgan fingerprint density at radius 1 is 1.00 bits per heavy atom. The number of anilines is 1. The van der Waals surface area contributed by atoms with E-state index in [1.165, 1.54) is 0 Å². The molecule has 0 aliphatic rings. The predicted octanol–water partition coefficient (Wildman–Crippen LogP) is 5.48. The summed E-state index contributed by atoms with van der Waals surface area (Å²) in [5.74, 6) is 7.25. The highest BCUT2D eigenvalue weighted by molar-refractivity contribution is 6.04. The Morgan fingerprint density at radius 2 is 1.77 bits per heavy atom. The van der Waals surface area contributed by atoms with E-state index >= 15 is 0 Å². The molecule has 0 saturated heterocycles. The van der Waals surface area contributed by atoms with E-state index in [2.05, 4.69) is 27.3 Å². The maximum absolute atomic E-state index is 12.7. The van der Waals surface area contributed by atoms with Gasteiger partial charge in [0.2, 0.25) is 0 Å². The zero-order chi connectivity index (χ0) is 22.0. The van der Waals surface area contributed by atoms with Gasteiger partial charge in [-0.3, -0.25) is 9.78 Å². The lowest BCUT2D eigenvalue weighted by Crippen LogP contribution is -2.13. The Morgan fingerprint density at radius 3 is 2.55 bits per heavy atom. The van der Waals surface area contributed by atoms with Crippen LogP contribution in [0.4, 0.5) is 5.82 Å². The minimum atomic E-state index is -0.261. The first kappa shape index (κ1) is 20.4. The van der Waals surface area contributed by atoms with Crippen molar-refractivity contribution in [3.05, 3.63) is 88.9 Å². The molecule has 0 saturated carbocycles. The van der Waals surface area contributed by atoms with Crippen molar-refractivity contribution in [2.24, 2.45) is 0 Å². The van der Waals surface area contributed by atoms with Gasteiger partial charge in [-0.2, -0.15) is 0 Å². The number of amides is 1. The largest absolute Gasteiger partial charge is 0.359 e. The van der Waals surface area contributed by atoms with Crippen LogP contribution in [0.2, 0.25) is 0 Å². The van der Waals surface area contributed by atoms with E-state index in [4.69, 9.17) is 4.52 Å². The van der Waals surface area contributed by atoms with Crippen LogP contribution in [0.3, 0.4) is 0 Å². The van der Waals surface area contributed by atoms with Crippen molar-refractivity contribution in [3.8, 4) is 11.8 Å². The van der Waals surface area contributed by atoms with E-state index in [1.807, 2.05) is 64.2 Å². The molecule has 154 valence electrons. The van der Waals surface area contributed by atoms with E-state index in [0.717, 1.165) is 27.5 Å². The van der Waals surface area contributed by atoms with Crippen molar-refractivity contribution < 1.29 is 9.32 Å². The lowest BCUT2D eigenvalue weighted by atomic mass is 9.93. The van der Waals surface area contributed by atoms with Crippen molar-refractivity contribution in [3.63, 3.8) is 0 Å². The van der Waals surface area contributed by atoms with Gasteiger partial charge in [0.15, 0.2) is 5.82 Å². The Labute approximate surface area is 181 Å². The normalized spacial score (nSPS) is 11.1. The maximum atomic E-state index is 12.7. The summed E-state index contributed by atoms with van der Waals surface area (Å²) >= 11 is 0. The van der Waals surface area contributed by atoms with Crippen LogP contribution in [-0.2, 0) is 5.41 Å². The lowest BCUT2D eigenvalue weighted by molar-refractivity contribution is 0.102. The molecule has 0 spiro atoms. The number of fused-ring (bicyclic) bond motifs is 1. The summed E-state index contributed by atoms with van der Waals surface area (Å²) in [6.07, 6.45) is 3.59. The number of pyridine rings is 1. The van der Waals surface area contributed by atoms with Crippen LogP contribution in [0.25, 0.3) is 10.8 Å². The molecule has 2 aromatic heterocycles. The molecule has 31 heavy (non-hydrogen) atoms. The third-order valence-corrected chi connectivity index (χ3v) is 4.99. The summed E-state index contributed by atoms with van der Waals surface area (Å²) in [5, 5.41) is 8.84. The van der Waals surface area contributed by atoms with Crippen molar-refractivity contribution in [2.45, 2.75) is 33.1 Å². The van der Waals surface area contributed by atoms with Gasteiger partial charge in [0, 0.05) is 45.8 Å². The lowest BCUT2D eigenvalue weighted by Gasteiger charge is -2.12. The van der Waals surface area contributed by atoms with Crippen molar-refractivity contribution in [1.29, 1.82) is 0 Å². The number of benzene rings is 2. The van der Waals surface area contributed by atoms with E-state index in [-0.39, 0.29) is 11.3 Å². The highest BCUT2D eigenvalue weighted by Crippen LogP contribution is 2.24. The van der Waals surface area contributed by atoms with Gasteiger partial charge in [0.1, 0.15) is 5.76 Å². The molecule has 0 radical (unpaired) electrons. The molecule has 2 aromatic carbocycles. The SMILES string of the molecule is Cc1ccc(C(=O)Nc2cc(C(C)(C)C)on2)cc1C#Cc1cncc2ccccc12. The molecule has 0 bridgehead atoms. The smallest absolute Gasteiger partial charge is 0.256 e. The Balaban J connectivity index is 1.60. The number of aryl methyl sites for hydroxylation is 1. The Hall–Kier alpha value is -3.91. The number of hydrogen-bond donors (Lipinski definition) is 1.